The lowest BCUT2D eigenvalue weighted by Gasteiger charge is -2.14. The van der Waals surface area contributed by atoms with Gasteiger partial charge in [-0.1, -0.05) is 19.9 Å². The molecule has 0 aromatic carbocycles. The highest BCUT2D eigenvalue weighted by Gasteiger charge is 2.16. The summed E-state index contributed by atoms with van der Waals surface area (Å²) < 4.78 is 0. The van der Waals surface area contributed by atoms with Crippen LogP contribution in [0, 0.1) is 5.92 Å². The maximum Gasteiger partial charge on any atom is 0.237 e. The first-order chi connectivity index (χ1) is 7.11. The molecule has 84 valence electrons. The Hall–Kier alpha value is -0.870. The van der Waals surface area contributed by atoms with Crippen molar-refractivity contribution in [2.24, 2.45) is 11.7 Å². The van der Waals surface area contributed by atoms with Crippen LogP contribution in [0.3, 0.4) is 0 Å². The summed E-state index contributed by atoms with van der Waals surface area (Å²) >= 11 is 1.71. The molecule has 1 aromatic heterocycles. The lowest BCUT2D eigenvalue weighted by Crippen LogP contribution is -2.44. The van der Waals surface area contributed by atoms with Crippen LogP contribution in [0.1, 0.15) is 18.7 Å². The lowest BCUT2D eigenvalue weighted by atomic mass is 10.1. The Kier molecular flexibility index (Phi) is 4.78. The fourth-order valence-corrected chi connectivity index (χ4v) is 1.89. The first kappa shape index (κ1) is 12.2. The van der Waals surface area contributed by atoms with Crippen LogP contribution < -0.4 is 11.1 Å². The minimum atomic E-state index is -0.395. The van der Waals surface area contributed by atoms with Gasteiger partial charge in [-0.3, -0.25) is 4.79 Å². The minimum absolute atomic E-state index is 0.0541. The topological polar surface area (TPSA) is 55.1 Å². The molecule has 3 N–H and O–H groups in total. The van der Waals surface area contributed by atoms with Crippen LogP contribution in [0.2, 0.25) is 0 Å². The van der Waals surface area contributed by atoms with Crippen LogP contribution in [-0.2, 0) is 11.2 Å². The number of hydrogen-bond acceptors (Lipinski definition) is 3. The zero-order valence-electron chi connectivity index (χ0n) is 9.19. The molecular formula is C11H18N2OS. The van der Waals surface area contributed by atoms with Gasteiger partial charge in [0, 0.05) is 11.4 Å². The third kappa shape index (κ3) is 4.01. The maximum absolute atomic E-state index is 11.5. The Labute approximate surface area is 94.7 Å². The second kappa shape index (κ2) is 5.88. The van der Waals surface area contributed by atoms with E-state index in [2.05, 4.69) is 11.4 Å². The third-order valence-electron chi connectivity index (χ3n) is 2.27. The van der Waals surface area contributed by atoms with E-state index in [1.807, 2.05) is 25.3 Å². The molecule has 0 aliphatic carbocycles. The number of thiophene rings is 1. The van der Waals surface area contributed by atoms with Gasteiger partial charge in [-0.2, -0.15) is 0 Å². The predicted octanol–water partition coefficient (Wildman–Crippen LogP) is 1.39. The number of amides is 1. The number of rotatable bonds is 5. The number of carbonyl (C=O) groups is 1. The van der Waals surface area contributed by atoms with Crippen molar-refractivity contribution in [2.75, 3.05) is 6.54 Å². The summed E-state index contributed by atoms with van der Waals surface area (Å²) in [7, 11) is 0. The van der Waals surface area contributed by atoms with Gasteiger partial charge in [0.1, 0.15) is 0 Å². The standard InChI is InChI=1S/C11H18N2OS/c1-8(2)10(12)11(14)13-6-5-9-4-3-7-15-9/h3-4,7-8,10H,5-6,12H2,1-2H3,(H,13,14). The van der Waals surface area contributed by atoms with E-state index < -0.39 is 6.04 Å². The molecule has 1 unspecified atom stereocenters. The van der Waals surface area contributed by atoms with Crippen LogP contribution in [0.4, 0.5) is 0 Å². The van der Waals surface area contributed by atoms with Crippen LogP contribution in [0.5, 0.6) is 0 Å². The van der Waals surface area contributed by atoms with E-state index in [0.29, 0.717) is 6.54 Å². The highest BCUT2D eigenvalue weighted by molar-refractivity contribution is 7.09. The van der Waals surface area contributed by atoms with Gasteiger partial charge in [0.05, 0.1) is 6.04 Å². The zero-order chi connectivity index (χ0) is 11.3. The molecule has 0 bridgehead atoms. The van der Waals surface area contributed by atoms with E-state index in [1.54, 1.807) is 11.3 Å². The van der Waals surface area contributed by atoms with Crippen molar-refractivity contribution in [1.29, 1.82) is 0 Å². The molecule has 1 heterocycles. The first-order valence-electron chi connectivity index (χ1n) is 5.17. The van der Waals surface area contributed by atoms with E-state index >= 15 is 0 Å². The van der Waals surface area contributed by atoms with Crippen molar-refractivity contribution in [1.82, 2.24) is 5.32 Å². The molecule has 3 nitrogen and oxygen atoms in total. The average molecular weight is 226 g/mol. The Morgan fingerprint density at radius 3 is 2.87 bits per heavy atom. The second-order valence-electron chi connectivity index (χ2n) is 3.89. The SMILES string of the molecule is CC(C)C(N)C(=O)NCCc1cccs1. The largest absolute Gasteiger partial charge is 0.354 e. The van der Waals surface area contributed by atoms with Gasteiger partial charge in [-0.15, -0.1) is 11.3 Å². The van der Waals surface area contributed by atoms with Crippen LogP contribution in [-0.4, -0.2) is 18.5 Å². The third-order valence-corrected chi connectivity index (χ3v) is 3.21. The summed E-state index contributed by atoms with van der Waals surface area (Å²) in [5, 5.41) is 4.88. The smallest absolute Gasteiger partial charge is 0.237 e. The van der Waals surface area contributed by atoms with E-state index in [1.165, 1.54) is 4.88 Å². The Balaban J connectivity index is 2.23. The van der Waals surface area contributed by atoms with Crippen LogP contribution >= 0.6 is 11.3 Å². The highest BCUT2D eigenvalue weighted by Crippen LogP contribution is 2.08. The van der Waals surface area contributed by atoms with Crippen LogP contribution in [0.25, 0.3) is 0 Å². The molecule has 0 aliphatic rings. The molecule has 15 heavy (non-hydrogen) atoms. The monoisotopic (exact) mass is 226 g/mol. The molecule has 1 aromatic rings. The Morgan fingerprint density at radius 2 is 2.33 bits per heavy atom. The highest BCUT2D eigenvalue weighted by atomic mass is 32.1. The van der Waals surface area contributed by atoms with E-state index in [4.69, 9.17) is 5.73 Å². The lowest BCUT2D eigenvalue weighted by molar-refractivity contribution is -0.123. The van der Waals surface area contributed by atoms with E-state index in [9.17, 15) is 4.79 Å². The van der Waals surface area contributed by atoms with Gasteiger partial charge >= 0.3 is 0 Å². The molecule has 0 saturated heterocycles. The number of nitrogens with one attached hydrogen (secondary N) is 1. The second-order valence-corrected chi connectivity index (χ2v) is 4.92. The molecule has 0 spiro atoms. The number of nitrogens with two attached hydrogens (primary N) is 1. The van der Waals surface area contributed by atoms with E-state index in [-0.39, 0.29) is 11.8 Å². The van der Waals surface area contributed by atoms with Crippen molar-refractivity contribution in [3.8, 4) is 0 Å². The average Bonchev–Trinajstić information content (AvgIpc) is 2.69. The van der Waals surface area contributed by atoms with Crippen molar-refractivity contribution in [2.45, 2.75) is 26.3 Å². The zero-order valence-corrected chi connectivity index (χ0v) is 10.0. The van der Waals surface area contributed by atoms with Gasteiger partial charge in [0.2, 0.25) is 5.91 Å². The molecule has 1 amide bonds. The normalized spacial score (nSPS) is 12.8. The van der Waals surface area contributed by atoms with Crippen molar-refractivity contribution in [3.05, 3.63) is 22.4 Å². The summed E-state index contributed by atoms with van der Waals surface area (Å²) in [5.74, 6) is 0.133. The molecule has 1 atom stereocenters. The Bertz CT molecular complexity index is 296. The predicted molar refractivity (Wildman–Crippen MR) is 63.8 cm³/mol. The first-order valence-corrected chi connectivity index (χ1v) is 6.05. The fourth-order valence-electron chi connectivity index (χ4n) is 1.18. The molecule has 0 fully saturated rings. The summed E-state index contributed by atoms with van der Waals surface area (Å²) in [4.78, 5) is 12.8. The van der Waals surface area contributed by atoms with Crippen molar-refractivity contribution in [3.63, 3.8) is 0 Å². The van der Waals surface area contributed by atoms with E-state index in [0.717, 1.165) is 6.42 Å². The summed E-state index contributed by atoms with van der Waals surface area (Å²) in [6.45, 7) is 4.56. The molecule has 0 radical (unpaired) electrons. The molecule has 4 heteroatoms. The number of hydrogen-bond donors (Lipinski definition) is 2. The van der Waals surface area contributed by atoms with Gasteiger partial charge in [-0.25, -0.2) is 0 Å². The summed E-state index contributed by atoms with van der Waals surface area (Å²) in [5.41, 5.74) is 5.71. The van der Waals surface area contributed by atoms with Gasteiger partial charge in [-0.05, 0) is 23.8 Å². The molecule has 0 aliphatic heterocycles. The summed E-state index contributed by atoms with van der Waals surface area (Å²) in [6.07, 6.45) is 0.883. The minimum Gasteiger partial charge on any atom is -0.354 e. The molecule has 0 saturated carbocycles. The van der Waals surface area contributed by atoms with Crippen LogP contribution in [0.15, 0.2) is 17.5 Å². The Morgan fingerprint density at radius 1 is 1.60 bits per heavy atom. The van der Waals surface area contributed by atoms with Gasteiger partial charge in [0.25, 0.3) is 0 Å². The fraction of sp³-hybridized carbons (Fsp3) is 0.545. The van der Waals surface area contributed by atoms with Gasteiger partial charge in [0.15, 0.2) is 0 Å². The number of carbonyl (C=O) groups excluding carboxylic acids is 1. The van der Waals surface area contributed by atoms with Crippen molar-refractivity contribution < 1.29 is 4.79 Å². The van der Waals surface area contributed by atoms with Crippen molar-refractivity contribution >= 4 is 17.2 Å². The molecule has 1 rings (SSSR count). The van der Waals surface area contributed by atoms with Gasteiger partial charge < -0.3 is 11.1 Å². The molecular weight excluding hydrogens is 208 g/mol. The quantitative estimate of drug-likeness (QED) is 0.797. The maximum atomic E-state index is 11.5. The summed E-state index contributed by atoms with van der Waals surface area (Å²) in [6, 6.07) is 3.69.